The number of sulfone groups is 1. The van der Waals surface area contributed by atoms with E-state index in [4.69, 9.17) is 14.5 Å². The van der Waals surface area contributed by atoms with Crippen LogP contribution in [0.15, 0.2) is 45.5 Å². The molecule has 16 nitrogen and oxygen atoms in total. The van der Waals surface area contributed by atoms with Gasteiger partial charge in [0, 0.05) is 22.9 Å². The van der Waals surface area contributed by atoms with Gasteiger partial charge < -0.3 is 35.1 Å². The van der Waals surface area contributed by atoms with Crippen LogP contribution in [0.25, 0.3) is 32.5 Å². The van der Waals surface area contributed by atoms with Crippen molar-refractivity contribution in [3.8, 4) is 17.1 Å². The summed E-state index contributed by atoms with van der Waals surface area (Å²) in [7, 11) is -3.44. The number of carbonyl (C=O) groups is 4. The Bertz CT molecular complexity index is 2880. The van der Waals surface area contributed by atoms with Gasteiger partial charge in [0.15, 0.2) is 11.4 Å². The number of nitrogens with one attached hydrogen (secondary N) is 3. The lowest BCUT2D eigenvalue weighted by molar-refractivity contribution is -0.172. The molecule has 3 aromatic heterocycles. The first-order valence-corrected chi connectivity index (χ1v) is 22.3. The number of rotatable bonds is 11. The molecule has 0 radical (unpaired) electrons. The number of fused-ring (bicyclic) bond motifs is 6. The monoisotopic (exact) mass is 854 g/mol. The molecule has 0 bridgehead atoms. The summed E-state index contributed by atoms with van der Waals surface area (Å²) < 4.78 is 39.0. The smallest absolute Gasteiger partial charge is 0.343 e. The van der Waals surface area contributed by atoms with Crippen LogP contribution in [-0.4, -0.2) is 75.7 Å². The van der Waals surface area contributed by atoms with Crippen molar-refractivity contribution in [2.24, 2.45) is 5.92 Å². The van der Waals surface area contributed by atoms with Gasteiger partial charge in [0.2, 0.25) is 31.9 Å². The molecular formula is C42H42N6O10S2. The Morgan fingerprint density at radius 2 is 1.75 bits per heavy atom. The molecule has 6 heterocycles. The molecule has 1 fully saturated rings. The molecule has 0 spiro atoms. The lowest BCUT2D eigenvalue weighted by Gasteiger charge is -2.31. The van der Waals surface area contributed by atoms with E-state index < -0.39 is 51.2 Å². The molecule has 3 amide bonds. The van der Waals surface area contributed by atoms with Gasteiger partial charge in [-0.25, -0.2) is 23.2 Å². The van der Waals surface area contributed by atoms with Crippen molar-refractivity contribution in [2.75, 3.05) is 11.9 Å². The average Bonchev–Trinajstić information content (AvgIpc) is 3.90. The lowest BCUT2D eigenvalue weighted by atomic mass is 9.86. The maximum atomic E-state index is 13.8. The minimum atomic E-state index is -3.44. The second-order valence-corrected chi connectivity index (χ2v) is 19.6. The zero-order valence-corrected chi connectivity index (χ0v) is 34.8. The number of ether oxygens (including phenoxy) is 2. The van der Waals surface area contributed by atoms with Crippen LogP contribution in [0.4, 0.5) is 5.69 Å². The zero-order valence-electron chi connectivity index (χ0n) is 33.2. The molecule has 0 unspecified atom stereocenters. The number of aromatic nitrogens is 3. The number of amides is 3. The van der Waals surface area contributed by atoms with Crippen molar-refractivity contribution < 1.29 is 42.2 Å². The number of nitrogens with zero attached hydrogens (tertiary/aromatic N) is 3. The largest absolute Gasteiger partial charge is 0.490 e. The predicted octanol–water partition coefficient (Wildman–Crippen LogP) is 3.39. The summed E-state index contributed by atoms with van der Waals surface area (Å²) in [6.07, 6.45) is 1.76. The molecule has 3 atom stereocenters. The molecule has 5 aromatic rings. The quantitative estimate of drug-likeness (QED) is 0.138. The number of thiazole rings is 1. The van der Waals surface area contributed by atoms with Gasteiger partial charge in [0.1, 0.15) is 18.7 Å². The van der Waals surface area contributed by atoms with Crippen LogP contribution in [0, 0.1) is 5.92 Å². The van der Waals surface area contributed by atoms with Crippen LogP contribution in [0.5, 0.6) is 5.75 Å². The highest BCUT2D eigenvalue weighted by atomic mass is 32.2. The second-order valence-electron chi connectivity index (χ2n) is 16.2. The van der Waals surface area contributed by atoms with E-state index in [0.717, 1.165) is 22.5 Å². The van der Waals surface area contributed by atoms with E-state index in [2.05, 4.69) is 20.9 Å². The number of aliphatic hydroxyl groups is 1. The van der Waals surface area contributed by atoms with E-state index in [1.165, 1.54) is 6.92 Å². The van der Waals surface area contributed by atoms with E-state index in [1.54, 1.807) is 61.7 Å². The molecule has 18 heteroatoms. The van der Waals surface area contributed by atoms with Crippen molar-refractivity contribution in [2.45, 2.75) is 100 Å². The van der Waals surface area contributed by atoms with Crippen molar-refractivity contribution in [3.63, 3.8) is 0 Å². The van der Waals surface area contributed by atoms with E-state index in [9.17, 15) is 37.5 Å². The summed E-state index contributed by atoms with van der Waals surface area (Å²) in [5.74, 6) is -2.20. The van der Waals surface area contributed by atoms with Crippen molar-refractivity contribution in [1.82, 2.24) is 25.2 Å². The van der Waals surface area contributed by atoms with E-state index in [-0.39, 0.29) is 64.8 Å². The van der Waals surface area contributed by atoms with Crippen LogP contribution in [0.2, 0.25) is 0 Å². The van der Waals surface area contributed by atoms with Gasteiger partial charge in [-0.3, -0.25) is 19.2 Å². The second kappa shape index (κ2) is 14.5. The lowest BCUT2D eigenvalue weighted by Crippen LogP contribution is -2.54. The highest BCUT2D eigenvalue weighted by Gasteiger charge is 2.46. The summed E-state index contributed by atoms with van der Waals surface area (Å²) in [5.41, 5.74) is 3.04. The first kappa shape index (κ1) is 39.7. The Morgan fingerprint density at radius 1 is 0.983 bits per heavy atom. The molecule has 60 heavy (non-hydrogen) atoms. The normalized spacial score (nSPS) is 18.9. The summed E-state index contributed by atoms with van der Waals surface area (Å²) in [6.45, 7) is 7.02. The first-order valence-electron chi connectivity index (χ1n) is 19.9. The number of pyridine rings is 2. The third-order valence-corrected chi connectivity index (χ3v) is 15.5. The van der Waals surface area contributed by atoms with E-state index in [0.29, 0.717) is 68.8 Å². The molecule has 4 N–H and O–H groups in total. The summed E-state index contributed by atoms with van der Waals surface area (Å²) in [5, 5.41) is 20.0. The molecule has 1 saturated carbocycles. The number of anilines is 1. The number of carbonyl (C=O) groups excluding carboxylic acids is 4. The van der Waals surface area contributed by atoms with Gasteiger partial charge in [-0.1, -0.05) is 26.8 Å². The van der Waals surface area contributed by atoms with Gasteiger partial charge in [0.05, 0.1) is 63.2 Å². The number of esters is 1. The van der Waals surface area contributed by atoms with Crippen LogP contribution >= 0.6 is 11.3 Å². The number of hydrogen-bond donors (Lipinski definition) is 4. The van der Waals surface area contributed by atoms with Gasteiger partial charge in [-0.2, -0.15) is 0 Å². The molecule has 3 aliphatic heterocycles. The van der Waals surface area contributed by atoms with E-state index >= 15 is 0 Å². The summed E-state index contributed by atoms with van der Waals surface area (Å²) in [6, 6.07) is 8.24. The fraction of sp³-hybridized carbons (Fsp3) is 0.405. The third-order valence-electron chi connectivity index (χ3n) is 11.8. The summed E-state index contributed by atoms with van der Waals surface area (Å²) >= 11 is 1.09. The molecule has 0 saturated heterocycles. The fourth-order valence-electron chi connectivity index (χ4n) is 8.27. The highest BCUT2D eigenvalue weighted by Crippen LogP contribution is 2.45. The fourth-order valence-corrected chi connectivity index (χ4v) is 11.4. The number of cyclic esters (lactones) is 1. The molecule has 9 rings (SSSR count). The van der Waals surface area contributed by atoms with Crippen LogP contribution in [-0.2, 0) is 65.3 Å². The van der Waals surface area contributed by atoms with Crippen LogP contribution in [0.1, 0.15) is 74.8 Å². The maximum Gasteiger partial charge on any atom is 0.343 e. The van der Waals surface area contributed by atoms with E-state index in [1.807, 2.05) is 0 Å². The third kappa shape index (κ3) is 6.51. The predicted molar refractivity (Wildman–Crippen MR) is 220 cm³/mol. The standard InChI is InChI=1S/C42H42N6O10S2/c1-5-42(54)26-16-30-35-24(17-48(30)39(52)25(26)18-58-40(42)53)23-12-13-57-36-29(11-10-28(44-35)33(23)36)45-37(50)20(4)43-38(51)34(19(2)3)47-32(49)15-21-6-9-27-31(14-21)59-41(46-27)60(55,56)22-7-8-22/h6,9-11,14,16,19-20,22,34,54H,5,7-8,12-13,15,17-18H2,1-4H3,(H,43,51)(H,45,50)(H,47,49)/t20-,34-,42-/m0/s1. The van der Waals surface area contributed by atoms with Crippen molar-refractivity contribution in [1.29, 1.82) is 0 Å². The van der Waals surface area contributed by atoms with Gasteiger partial charge in [0.25, 0.3) is 5.56 Å². The zero-order chi connectivity index (χ0) is 42.4. The minimum Gasteiger partial charge on any atom is -0.490 e. The van der Waals surface area contributed by atoms with Crippen LogP contribution < -0.4 is 26.2 Å². The van der Waals surface area contributed by atoms with Gasteiger partial charge in [-0.05, 0) is 73.6 Å². The van der Waals surface area contributed by atoms with Crippen LogP contribution in [0.3, 0.4) is 0 Å². The average molecular weight is 855 g/mol. The SMILES string of the molecule is CC[C@@]1(O)C(=O)OCc2c1cc1n(c2=O)Cc2c-1nc1ccc(NC(=O)[C@H](C)NC(=O)[C@@H](NC(=O)Cc3ccc4nc(S(=O)(=O)C5CC5)sc4c3)C(C)C)c3c1c2CCO3. The number of benzene rings is 2. The minimum absolute atomic E-state index is 0.0317. The summed E-state index contributed by atoms with van der Waals surface area (Å²) in [4.78, 5) is 76.0. The molecule has 312 valence electrons. The van der Waals surface area contributed by atoms with Crippen molar-refractivity contribution >= 4 is 71.7 Å². The number of hydrogen-bond acceptors (Lipinski definition) is 13. The van der Waals surface area contributed by atoms with Gasteiger partial charge >= 0.3 is 5.97 Å². The van der Waals surface area contributed by atoms with Gasteiger partial charge in [-0.15, -0.1) is 11.3 Å². The highest BCUT2D eigenvalue weighted by molar-refractivity contribution is 7.94. The Kier molecular flexibility index (Phi) is 9.59. The first-order chi connectivity index (χ1) is 28.6. The maximum absolute atomic E-state index is 13.8. The molecule has 2 aromatic carbocycles. The molecule has 1 aliphatic carbocycles. The Labute approximate surface area is 347 Å². The molecule has 4 aliphatic rings. The Morgan fingerprint density at radius 3 is 2.48 bits per heavy atom. The molecular weight excluding hydrogens is 813 g/mol. The topological polar surface area (TPSA) is 225 Å². The Hall–Kier alpha value is -5.72. The van der Waals surface area contributed by atoms with Crippen molar-refractivity contribution in [3.05, 3.63) is 74.6 Å². The Balaban J connectivity index is 0.898.